The third-order valence-electron chi connectivity index (χ3n) is 4.24. The number of nitrogens with one attached hydrogen (secondary N) is 1. The van der Waals surface area contributed by atoms with E-state index in [0.717, 1.165) is 0 Å². The van der Waals surface area contributed by atoms with Crippen LogP contribution in [0.4, 0.5) is 9.18 Å². The highest BCUT2D eigenvalue weighted by atomic mass is 35.5. The Balaban J connectivity index is 2.16. The quantitative estimate of drug-likeness (QED) is 0.707. The second-order valence-electron chi connectivity index (χ2n) is 8.48. The number of carbonyl (C=O) groups excluding carboxylic acids is 2. The number of rotatable bonds is 4. The second kappa shape index (κ2) is 7.48. The molecule has 0 saturated carbocycles. The van der Waals surface area contributed by atoms with Crippen molar-refractivity contribution in [1.29, 1.82) is 0 Å². The van der Waals surface area contributed by atoms with Crippen LogP contribution in [-0.2, 0) is 14.3 Å². The molecule has 5 atom stereocenters. The lowest BCUT2D eigenvalue weighted by molar-refractivity contribution is -0.137. The van der Waals surface area contributed by atoms with Gasteiger partial charge in [0.1, 0.15) is 23.4 Å². The molecule has 0 aromatic rings. The topological polar surface area (TPSA) is 88.1 Å². The van der Waals surface area contributed by atoms with Crippen molar-refractivity contribution < 1.29 is 28.6 Å². The SMILES string of the molecule is CC(C)(F)C[C@H](NC(=O)OC(C)(C)C)C(=O)N1C[C@@H](Cl)[C@H]2OC[C@H](O)[C@H]21. The fraction of sp³-hybridized carbons (Fsp3) is 0.882. The van der Waals surface area contributed by atoms with Gasteiger partial charge in [0.15, 0.2) is 0 Å². The standard InChI is InChI=1S/C17H28ClFN2O5/c1-16(2,3)26-15(24)20-10(6-17(4,5)19)14(23)21-7-9(18)13-12(21)11(22)8-25-13/h9-13,22H,6-8H2,1-5H3,(H,20,24)/t9-,10+,11+,12-,13-/m1/s1. The number of ether oxygens (including phenoxy) is 2. The number of nitrogens with zero attached hydrogens (tertiary/aromatic N) is 1. The van der Waals surface area contributed by atoms with Crippen molar-refractivity contribution in [2.45, 2.75) is 82.0 Å². The Morgan fingerprint density at radius 3 is 2.54 bits per heavy atom. The monoisotopic (exact) mass is 394 g/mol. The summed E-state index contributed by atoms with van der Waals surface area (Å²) in [5.74, 6) is -0.510. The zero-order chi connectivity index (χ0) is 19.9. The van der Waals surface area contributed by atoms with Crippen LogP contribution in [0, 0.1) is 0 Å². The van der Waals surface area contributed by atoms with E-state index < -0.39 is 52.9 Å². The first-order chi connectivity index (χ1) is 11.8. The molecule has 0 spiro atoms. The maximum Gasteiger partial charge on any atom is 0.408 e. The molecule has 0 bridgehead atoms. The molecule has 2 N–H and O–H groups in total. The Morgan fingerprint density at radius 2 is 2.00 bits per heavy atom. The summed E-state index contributed by atoms with van der Waals surface area (Å²) in [4.78, 5) is 26.5. The highest BCUT2D eigenvalue weighted by molar-refractivity contribution is 6.21. The highest BCUT2D eigenvalue weighted by Gasteiger charge is 2.52. The van der Waals surface area contributed by atoms with Gasteiger partial charge in [0.2, 0.25) is 5.91 Å². The second-order valence-corrected chi connectivity index (χ2v) is 9.04. The lowest BCUT2D eigenvalue weighted by atomic mass is 9.99. The number of halogens is 2. The average molecular weight is 395 g/mol. The zero-order valence-corrected chi connectivity index (χ0v) is 16.5. The van der Waals surface area contributed by atoms with E-state index in [-0.39, 0.29) is 19.6 Å². The van der Waals surface area contributed by atoms with Crippen molar-refractivity contribution in [3.63, 3.8) is 0 Å². The normalized spacial score (nSPS) is 30.1. The largest absolute Gasteiger partial charge is 0.444 e. The average Bonchev–Trinajstić information content (AvgIpc) is 2.96. The van der Waals surface area contributed by atoms with Gasteiger partial charge < -0.3 is 24.8 Å². The van der Waals surface area contributed by atoms with Gasteiger partial charge in [0, 0.05) is 13.0 Å². The summed E-state index contributed by atoms with van der Waals surface area (Å²) in [6.07, 6.45) is -2.38. The number of likely N-dealkylation sites (tertiary alicyclic amines) is 1. The number of aliphatic hydroxyl groups excluding tert-OH is 1. The van der Waals surface area contributed by atoms with Crippen LogP contribution in [0.3, 0.4) is 0 Å². The molecule has 0 aromatic carbocycles. The van der Waals surface area contributed by atoms with Gasteiger partial charge in [-0.25, -0.2) is 9.18 Å². The van der Waals surface area contributed by atoms with Gasteiger partial charge in [-0.15, -0.1) is 11.6 Å². The molecule has 0 aliphatic carbocycles. The summed E-state index contributed by atoms with van der Waals surface area (Å²) in [7, 11) is 0. The molecule has 9 heteroatoms. The van der Waals surface area contributed by atoms with Crippen molar-refractivity contribution in [1.82, 2.24) is 10.2 Å². The first-order valence-corrected chi connectivity index (χ1v) is 9.15. The number of hydrogen-bond acceptors (Lipinski definition) is 5. The smallest absolute Gasteiger partial charge is 0.408 e. The lowest BCUT2D eigenvalue weighted by Crippen LogP contribution is -2.55. The summed E-state index contributed by atoms with van der Waals surface area (Å²) in [5, 5.41) is 12.1. The van der Waals surface area contributed by atoms with E-state index in [1.165, 1.54) is 18.7 Å². The molecular weight excluding hydrogens is 367 g/mol. The van der Waals surface area contributed by atoms with Gasteiger partial charge in [-0.2, -0.15) is 0 Å². The molecule has 0 radical (unpaired) electrons. The number of aliphatic hydroxyl groups is 1. The number of fused-ring (bicyclic) bond motifs is 1. The van der Waals surface area contributed by atoms with E-state index in [9.17, 15) is 19.1 Å². The molecule has 150 valence electrons. The van der Waals surface area contributed by atoms with Crippen LogP contribution < -0.4 is 5.32 Å². The minimum Gasteiger partial charge on any atom is -0.444 e. The Bertz CT molecular complexity index is 548. The Labute approximate surface area is 158 Å². The Hall–Kier alpha value is -1.12. The van der Waals surface area contributed by atoms with E-state index >= 15 is 0 Å². The van der Waals surface area contributed by atoms with Crippen molar-refractivity contribution >= 4 is 23.6 Å². The molecule has 7 nitrogen and oxygen atoms in total. The maximum absolute atomic E-state index is 14.2. The van der Waals surface area contributed by atoms with Gasteiger partial charge in [-0.1, -0.05) is 0 Å². The van der Waals surface area contributed by atoms with Crippen LogP contribution in [0.5, 0.6) is 0 Å². The number of alkyl carbamates (subject to hydrolysis) is 1. The molecule has 2 saturated heterocycles. The highest BCUT2D eigenvalue weighted by Crippen LogP contribution is 2.33. The van der Waals surface area contributed by atoms with Crippen LogP contribution >= 0.6 is 11.6 Å². The molecule has 0 aromatic heterocycles. The molecule has 2 aliphatic heterocycles. The van der Waals surface area contributed by atoms with Gasteiger partial charge >= 0.3 is 6.09 Å². The number of carbonyl (C=O) groups is 2. The third kappa shape index (κ3) is 5.20. The number of alkyl halides is 2. The Kier molecular flexibility index (Phi) is 6.09. The van der Waals surface area contributed by atoms with Crippen molar-refractivity contribution in [3.05, 3.63) is 0 Å². The molecule has 2 rings (SSSR count). The minimum atomic E-state index is -1.69. The van der Waals surface area contributed by atoms with E-state index in [1.54, 1.807) is 20.8 Å². The van der Waals surface area contributed by atoms with Crippen LogP contribution in [0.15, 0.2) is 0 Å². The molecule has 2 fully saturated rings. The van der Waals surface area contributed by atoms with Crippen LogP contribution in [0.25, 0.3) is 0 Å². The lowest BCUT2D eigenvalue weighted by Gasteiger charge is -2.32. The van der Waals surface area contributed by atoms with Crippen LogP contribution in [0.2, 0.25) is 0 Å². The van der Waals surface area contributed by atoms with E-state index in [4.69, 9.17) is 21.1 Å². The minimum absolute atomic E-state index is 0.0844. The van der Waals surface area contributed by atoms with Gasteiger partial charge in [0.05, 0.1) is 24.1 Å². The molecule has 0 unspecified atom stereocenters. The predicted octanol–water partition coefficient (Wildman–Crippen LogP) is 1.60. The number of hydrogen-bond donors (Lipinski definition) is 2. The van der Waals surface area contributed by atoms with Gasteiger partial charge in [0.25, 0.3) is 0 Å². The van der Waals surface area contributed by atoms with Crippen molar-refractivity contribution in [3.8, 4) is 0 Å². The van der Waals surface area contributed by atoms with Crippen LogP contribution in [-0.4, -0.2) is 76.1 Å². The summed E-state index contributed by atoms with van der Waals surface area (Å²) >= 11 is 6.23. The summed E-state index contributed by atoms with van der Waals surface area (Å²) in [5.41, 5.74) is -2.45. The molecule has 2 heterocycles. The fourth-order valence-electron chi connectivity index (χ4n) is 3.32. The predicted molar refractivity (Wildman–Crippen MR) is 93.9 cm³/mol. The first-order valence-electron chi connectivity index (χ1n) is 8.71. The van der Waals surface area contributed by atoms with E-state index in [1.807, 2.05) is 0 Å². The van der Waals surface area contributed by atoms with E-state index in [2.05, 4.69) is 5.32 Å². The Morgan fingerprint density at radius 1 is 1.38 bits per heavy atom. The maximum atomic E-state index is 14.2. The van der Waals surface area contributed by atoms with Crippen molar-refractivity contribution in [2.75, 3.05) is 13.2 Å². The van der Waals surface area contributed by atoms with Crippen molar-refractivity contribution in [2.24, 2.45) is 0 Å². The fourth-order valence-corrected chi connectivity index (χ4v) is 3.69. The summed E-state index contributed by atoms with van der Waals surface area (Å²) in [6, 6.07) is -1.74. The summed E-state index contributed by atoms with van der Waals surface area (Å²) < 4.78 is 24.9. The molecular formula is C17H28ClFN2O5. The third-order valence-corrected chi connectivity index (χ3v) is 4.63. The molecule has 2 amide bonds. The van der Waals surface area contributed by atoms with Gasteiger partial charge in [-0.3, -0.25) is 4.79 Å². The molecule has 2 aliphatic rings. The number of amides is 2. The zero-order valence-electron chi connectivity index (χ0n) is 15.8. The van der Waals surface area contributed by atoms with Crippen LogP contribution in [0.1, 0.15) is 41.0 Å². The molecule has 26 heavy (non-hydrogen) atoms. The summed E-state index contributed by atoms with van der Waals surface area (Å²) in [6.45, 7) is 7.98. The first kappa shape index (κ1) is 21.2. The van der Waals surface area contributed by atoms with Gasteiger partial charge in [-0.05, 0) is 34.6 Å². The van der Waals surface area contributed by atoms with E-state index in [0.29, 0.717) is 0 Å².